The summed E-state index contributed by atoms with van der Waals surface area (Å²) in [5.74, 6) is 1.45. The Morgan fingerprint density at radius 3 is 1.93 bits per heavy atom. The number of fused-ring (bicyclic) bond motifs is 7. The lowest BCUT2D eigenvalue weighted by molar-refractivity contribution is -0.137. The molecule has 4 amide bonds. The van der Waals surface area contributed by atoms with Crippen LogP contribution < -0.4 is 10.6 Å². The van der Waals surface area contributed by atoms with Gasteiger partial charge in [-0.15, -0.1) is 0 Å². The molecule has 2 saturated heterocycles. The van der Waals surface area contributed by atoms with E-state index in [1.165, 1.54) is 7.11 Å². The molecule has 7 atom stereocenters. The van der Waals surface area contributed by atoms with Crippen LogP contribution in [0, 0.1) is 17.8 Å². The quantitative estimate of drug-likeness (QED) is 0.0983. The average Bonchev–Trinajstić information content (AvgIpc) is 3.74. The van der Waals surface area contributed by atoms with Crippen molar-refractivity contribution in [3.63, 3.8) is 0 Å². The van der Waals surface area contributed by atoms with Gasteiger partial charge in [0.25, 0.3) is 5.91 Å². The lowest BCUT2D eigenvalue weighted by atomic mass is 9.98. The minimum absolute atomic E-state index is 0.0625. The van der Waals surface area contributed by atoms with Gasteiger partial charge in [0.2, 0.25) is 5.91 Å². The summed E-state index contributed by atoms with van der Waals surface area (Å²) < 4.78 is 16.0. The number of benzene rings is 5. The van der Waals surface area contributed by atoms with Gasteiger partial charge in [0.1, 0.15) is 29.3 Å². The van der Waals surface area contributed by atoms with Crippen LogP contribution in [0.4, 0.5) is 9.59 Å². The highest BCUT2D eigenvalue weighted by Gasteiger charge is 2.56. The molecule has 15 nitrogen and oxygen atoms in total. The number of carbonyl (C=O) groups excluding carboxylic acids is 4. The number of nitrogens with zero attached hydrogens (tertiary/aromatic N) is 4. The van der Waals surface area contributed by atoms with Crippen LogP contribution in [0.3, 0.4) is 0 Å². The van der Waals surface area contributed by atoms with Crippen LogP contribution in [0.1, 0.15) is 89.2 Å². The molecule has 3 aliphatic rings. The van der Waals surface area contributed by atoms with E-state index in [1.54, 1.807) is 27.9 Å². The fourth-order valence-electron chi connectivity index (χ4n) is 10.5. The van der Waals surface area contributed by atoms with E-state index < -0.39 is 29.9 Å². The number of ether oxygens (including phenoxy) is 3. The number of carbonyl (C=O) groups is 4. The molecular formula is C53H58N8O7. The summed E-state index contributed by atoms with van der Waals surface area (Å²) in [6.45, 7) is 10.1. The first-order chi connectivity index (χ1) is 32.7. The number of H-pyrrole nitrogens is 2. The van der Waals surface area contributed by atoms with Crippen molar-refractivity contribution in [1.29, 1.82) is 0 Å². The highest BCUT2D eigenvalue weighted by Crippen LogP contribution is 2.53. The number of piperidine rings is 1. The monoisotopic (exact) mass is 918 g/mol. The van der Waals surface area contributed by atoms with Crippen molar-refractivity contribution in [3.05, 3.63) is 108 Å². The van der Waals surface area contributed by atoms with Crippen molar-refractivity contribution in [2.24, 2.45) is 17.8 Å². The smallest absolute Gasteiger partial charge is 0.408 e. The van der Waals surface area contributed by atoms with E-state index in [0.717, 1.165) is 73.4 Å². The first kappa shape index (κ1) is 44.8. The minimum Gasteiger partial charge on any atom is -0.453 e. The van der Waals surface area contributed by atoms with E-state index in [0.29, 0.717) is 36.9 Å². The van der Waals surface area contributed by atoms with Crippen LogP contribution in [-0.4, -0.2) is 98.8 Å². The maximum atomic E-state index is 14.6. The van der Waals surface area contributed by atoms with Crippen LogP contribution in [0.2, 0.25) is 0 Å². The van der Waals surface area contributed by atoms with Gasteiger partial charge in [-0.25, -0.2) is 19.6 Å². The zero-order chi connectivity index (χ0) is 47.6. The van der Waals surface area contributed by atoms with Gasteiger partial charge < -0.3 is 44.6 Å². The Hall–Kier alpha value is -7.00. The van der Waals surface area contributed by atoms with Crippen molar-refractivity contribution in [2.45, 2.75) is 89.7 Å². The largest absolute Gasteiger partial charge is 0.453 e. The molecule has 1 saturated carbocycles. The summed E-state index contributed by atoms with van der Waals surface area (Å²) in [5, 5.41) is 9.76. The molecule has 1 aliphatic carbocycles. The lowest BCUT2D eigenvalue weighted by Gasteiger charge is -2.31. The first-order valence-corrected chi connectivity index (χ1v) is 23.5. The summed E-state index contributed by atoms with van der Waals surface area (Å²) in [6, 6.07) is 28.2. The SMILES string of the molecule is COC[C@H]1C[C@@H](c2nc3ccc4cc(-c5ccc6c(ccc7nc([C@@H]8C[C@H]9C[C@H]9N8C(=O)[C@@H](NC(=O)OC)C(C)C)[nH]c76)c5)ccc4c3[nH]2)N(C(=O)[C@H](NC(=O)OC(C)(C)C)c2ccccc2)C1. The Kier molecular flexibility index (Phi) is 11.6. The number of imidazole rings is 2. The van der Waals surface area contributed by atoms with E-state index in [-0.39, 0.29) is 41.8 Å². The standard InChI is InChI=1S/C53H58N8O7/c1-28(2)43(58-51(64)67-7)50(63)61-40-24-35(40)25-42(61)48-55-39-20-16-34-23-32(14-18-37(34)46(39)57-48)31-13-17-36-33(22-31)15-19-38-45(36)56-47(54-38)41-21-29(27-66-6)26-60(41)49(62)44(30-11-9-8-10-12-30)59-52(65)68-53(3,4)5/h8-20,22-23,28-29,35,40-44H,21,24-27H2,1-7H3,(H,54,56)(H,55,57)(H,58,64)(H,59,65)/t29-,35+,40+,41-,42-,43-,44+/m0/s1. The predicted molar refractivity (Wildman–Crippen MR) is 259 cm³/mol. The van der Waals surface area contributed by atoms with E-state index in [4.69, 9.17) is 24.2 Å². The van der Waals surface area contributed by atoms with Crippen LogP contribution in [-0.2, 0) is 23.8 Å². The zero-order valence-corrected chi connectivity index (χ0v) is 39.5. The molecule has 3 fully saturated rings. The number of aromatic amines is 2. The first-order valence-electron chi connectivity index (χ1n) is 23.5. The number of nitrogens with one attached hydrogen (secondary N) is 4. The molecule has 10 rings (SSSR count). The third-order valence-corrected chi connectivity index (χ3v) is 13.8. The topological polar surface area (TPSA) is 184 Å². The summed E-state index contributed by atoms with van der Waals surface area (Å²) in [5.41, 5.74) is 5.47. The second kappa shape index (κ2) is 17.6. The van der Waals surface area contributed by atoms with Gasteiger partial charge in [0.15, 0.2) is 0 Å². The molecule has 0 radical (unpaired) electrons. The molecule has 4 N–H and O–H groups in total. The summed E-state index contributed by atoms with van der Waals surface area (Å²) >= 11 is 0. The van der Waals surface area contributed by atoms with Gasteiger partial charge in [0, 0.05) is 36.4 Å². The maximum Gasteiger partial charge on any atom is 0.408 e. The van der Waals surface area contributed by atoms with Gasteiger partial charge in [-0.3, -0.25) is 9.59 Å². The van der Waals surface area contributed by atoms with Crippen LogP contribution in [0.5, 0.6) is 0 Å². The molecule has 5 aromatic carbocycles. The number of methoxy groups -OCH3 is 2. The third-order valence-electron chi connectivity index (χ3n) is 13.8. The number of hydrogen-bond acceptors (Lipinski definition) is 9. The number of rotatable bonds is 11. The molecular weight excluding hydrogens is 861 g/mol. The van der Waals surface area contributed by atoms with Crippen molar-refractivity contribution in [1.82, 2.24) is 40.4 Å². The number of hydrogen-bond donors (Lipinski definition) is 4. The average molecular weight is 919 g/mol. The van der Waals surface area contributed by atoms with Crippen molar-refractivity contribution in [2.75, 3.05) is 27.4 Å². The van der Waals surface area contributed by atoms with E-state index in [1.807, 2.05) is 66.1 Å². The van der Waals surface area contributed by atoms with Crippen molar-refractivity contribution < 1.29 is 33.4 Å². The van der Waals surface area contributed by atoms with Crippen molar-refractivity contribution in [3.8, 4) is 11.1 Å². The van der Waals surface area contributed by atoms with E-state index in [9.17, 15) is 19.2 Å². The molecule has 352 valence electrons. The summed E-state index contributed by atoms with van der Waals surface area (Å²) in [7, 11) is 2.97. The molecule has 2 aromatic heterocycles. The number of aromatic nitrogens is 4. The van der Waals surface area contributed by atoms with Crippen LogP contribution in [0.15, 0.2) is 91.0 Å². The van der Waals surface area contributed by atoms with Gasteiger partial charge in [-0.1, -0.05) is 80.6 Å². The molecule has 68 heavy (non-hydrogen) atoms. The van der Waals surface area contributed by atoms with E-state index in [2.05, 4.69) is 69.1 Å². The number of alkyl carbamates (subject to hydrolysis) is 2. The van der Waals surface area contributed by atoms with Gasteiger partial charge >= 0.3 is 12.2 Å². The number of likely N-dealkylation sites (tertiary alicyclic amines) is 2. The molecule has 2 aliphatic heterocycles. The Morgan fingerprint density at radius 2 is 1.35 bits per heavy atom. The molecule has 7 aromatic rings. The lowest BCUT2D eigenvalue weighted by Crippen LogP contribution is -2.52. The fraction of sp³-hybridized carbons (Fsp3) is 0.396. The summed E-state index contributed by atoms with van der Waals surface area (Å²) in [6.07, 6.45) is 1.14. The maximum absolute atomic E-state index is 14.6. The Balaban J connectivity index is 0.920. The summed E-state index contributed by atoms with van der Waals surface area (Å²) in [4.78, 5) is 75.1. The highest BCUT2D eigenvalue weighted by molar-refractivity contribution is 6.07. The van der Waals surface area contributed by atoms with Crippen molar-refractivity contribution >= 4 is 67.6 Å². The van der Waals surface area contributed by atoms with Gasteiger partial charge in [-0.2, -0.15) is 0 Å². The Bertz CT molecular complexity index is 3080. The highest BCUT2D eigenvalue weighted by atomic mass is 16.6. The van der Waals surface area contributed by atoms with Gasteiger partial charge in [0.05, 0.1) is 47.9 Å². The predicted octanol–water partition coefficient (Wildman–Crippen LogP) is 9.26. The minimum atomic E-state index is -0.969. The second-order valence-corrected chi connectivity index (χ2v) is 20.0. The zero-order valence-electron chi connectivity index (χ0n) is 39.5. The van der Waals surface area contributed by atoms with Gasteiger partial charge in [-0.05, 0) is 104 Å². The molecule has 0 unspecified atom stereocenters. The fourth-order valence-corrected chi connectivity index (χ4v) is 10.5. The van der Waals surface area contributed by atoms with Crippen LogP contribution in [0.25, 0.3) is 54.7 Å². The Labute approximate surface area is 394 Å². The molecule has 0 spiro atoms. The third kappa shape index (κ3) is 8.48. The van der Waals surface area contributed by atoms with Crippen LogP contribution >= 0.6 is 0 Å². The molecule has 4 heterocycles. The number of amides is 4. The molecule has 15 heteroatoms. The normalized spacial score (nSPS) is 21.1. The second-order valence-electron chi connectivity index (χ2n) is 20.0. The molecule has 0 bridgehead atoms. The van der Waals surface area contributed by atoms with E-state index >= 15 is 0 Å². The Morgan fingerprint density at radius 1 is 0.735 bits per heavy atom.